The maximum absolute atomic E-state index is 13.7. The Morgan fingerprint density at radius 3 is 2.52 bits per heavy atom. The van der Waals surface area contributed by atoms with Crippen LogP contribution < -0.4 is 9.64 Å². The number of halogens is 2. The Bertz CT molecular complexity index is 1120. The normalized spacial score (nSPS) is 10.7. The van der Waals surface area contributed by atoms with E-state index in [0.717, 1.165) is 11.0 Å². The summed E-state index contributed by atoms with van der Waals surface area (Å²) in [5.74, 6) is -1.21. The van der Waals surface area contributed by atoms with Gasteiger partial charge >= 0.3 is 6.01 Å². The van der Waals surface area contributed by atoms with Crippen LogP contribution >= 0.6 is 0 Å². The summed E-state index contributed by atoms with van der Waals surface area (Å²) in [4.78, 5) is 31.7. The molecular formula is C23H24F2N4O4. The summed E-state index contributed by atoms with van der Waals surface area (Å²) >= 11 is 0. The lowest BCUT2D eigenvalue weighted by Crippen LogP contribution is -2.32. The van der Waals surface area contributed by atoms with Gasteiger partial charge in [0.1, 0.15) is 17.4 Å². The van der Waals surface area contributed by atoms with E-state index in [-0.39, 0.29) is 43.0 Å². The number of ether oxygens (including phenoxy) is 1. The van der Waals surface area contributed by atoms with Gasteiger partial charge in [-0.25, -0.2) is 8.78 Å². The predicted molar refractivity (Wildman–Crippen MR) is 117 cm³/mol. The molecule has 3 aromatic rings. The Balaban J connectivity index is 2.13. The molecular weight excluding hydrogens is 434 g/mol. The zero-order valence-corrected chi connectivity index (χ0v) is 18.2. The second-order valence-corrected chi connectivity index (χ2v) is 7.36. The topological polar surface area (TPSA) is 87.9 Å². The Morgan fingerprint density at radius 2 is 1.88 bits per heavy atom. The SMILES string of the molecule is CN(CCCO)C(=O)c1c(N(C)C=O)nc(Oc2cccc(F)c2)n1Cc1ccc(F)cc1. The van der Waals surface area contributed by atoms with Gasteiger partial charge in [0.15, 0.2) is 11.5 Å². The van der Waals surface area contributed by atoms with Gasteiger partial charge in [-0.1, -0.05) is 18.2 Å². The highest BCUT2D eigenvalue weighted by atomic mass is 19.1. The van der Waals surface area contributed by atoms with Crippen molar-refractivity contribution in [2.24, 2.45) is 0 Å². The van der Waals surface area contributed by atoms with Crippen LogP contribution in [0, 0.1) is 11.6 Å². The molecule has 3 rings (SSSR count). The number of carbonyl (C=O) groups excluding carboxylic acids is 2. The molecule has 1 N–H and O–H groups in total. The van der Waals surface area contributed by atoms with E-state index in [1.807, 2.05) is 0 Å². The van der Waals surface area contributed by atoms with E-state index in [9.17, 15) is 18.4 Å². The summed E-state index contributed by atoms with van der Waals surface area (Å²) < 4.78 is 34.4. The highest BCUT2D eigenvalue weighted by molar-refractivity contribution is 5.99. The van der Waals surface area contributed by atoms with E-state index < -0.39 is 17.5 Å². The molecule has 0 atom stereocenters. The minimum atomic E-state index is -0.519. The molecule has 0 aliphatic heterocycles. The summed E-state index contributed by atoms with van der Waals surface area (Å²) in [5, 5.41) is 9.12. The van der Waals surface area contributed by atoms with E-state index in [1.165, 1.54) is 46.8 Å². The zero-order valence-electron chi connectivity index (χ0n) is 18.2. The van der Waals surface area contributed by atoms with Crippen LogP contribution in [0.4, 0.5) is 14.6 Å². The van der Waals surface area contributed by atoms with Crippen molar-refractivity contribution in [1.29, 1.82) is 0 Å². The van der Waals surface area contributed by atoms with Gasteiger partial charge < -0.3 is 19.6 Å². The predicted octanol–water partition coefficient (Wildman–Crippen LogP) is 3.05. The quantitative estimate of drug-likeness (QED) is 0.472. The van der Waals surface area contributed by atoms with Crippen LogP contribution in [0.1, 0.15) is 22.5 Å². The maximum Gasteiger partial charge on any atom is 0.304 e. The fourth-order valence-corrected chi connectivity index (χ4v) is 3.15. The molecule has 8 nitrogen and oxygen atoms in total. The summed E-state index contributed by atoms with van der Waals surface area (Å²) in [6.07, 6.45) is 0.862. The first kappa shape index (κ1) is 23.9. The molecule has 0 unspecified atom stereocenters. The van der Waals surface area contributed by atoms with E-state index in [2.05, 4.69) is 4.98 Å². The standard InChI is InChI=1S/C23H24F2N4O4/c1-27(11-4-12-30)22(32)20-21(28(2)15-31)26-23(33-19-6-3-5-18(25)13-19)29(20)14-16-7-9-17(24)10-8-16/h3,5-10,13,15,30H,4,11-12,14H2,1-2H3. The van der Waals surface area contributed by atoms with Gasteiger partial charge in [0.05, 0.1) is 6.54 Å². The molecule has 174 valence electrons. The molecule has 2 aromatic carbocycles. The van der Waals surface area contributed by atoms with Crippen LogP contribution in [0.2, 0.25) is 0 Å². The van der Waals surface area contributed by atoms with Gasteiger partial charge in [0, 0.05) is 33.3 Å². The Kier molecular flexibility index (Phi) is 7.73. The number of nitrogens with zero attached hydrogens (tertiary/aromatic N) is 4. The lowest BCUT2D eigenvalue weighted by atomic mass is 10.2. The number of benzene rings is 2. The minimum Gasteiger partial charge on any atom is -0.425 e. The van der Waals surface area contributed by atoms with Crippen molar-refractivity contribution in [3.63, 3.8) is 0 Å². The van der Waals surface area contributed by atoms with E-state index in [0.29, 0.717) is 18.4 Å². The van der Waals surface area contributed by atoms with Gasteiger partial charge in [-0.2, -0.15) is 4.98 Å². The third kappa shape index (κ3) is 5.72. The second kappa shape index (κ2) is 10.7. The summed E-state index contributed by atoms with van der Waals surface area (Å²) in [6.45, 7) is 0.239. The number of aliphatic hydroxyl groups excluding tert-OH is 1. The third-order valence-electron chi connectivity index (χ3n) is 4.87. The molecule has 33 heavy (non-hydrogen) atoms. The number of carbonyl (C=O) groups is 2. The number of amides is 2. The average molecular weight is 458 g/mol. The van der Waals surface area contributed by atoms with Gasteiger partial charge in [0.25, 0.3) is 5.91 Å². The van der Waals surface area contributed by atoms with Crippen LogP contribution in [0.25, 0.3) is 0 Å². The molecule has 1 aromatic heterocycles. The molecule has 0 spiro atoms. The van der Waals surface area contributed by atoms with Crippen molar-refractivity contribution < 1.29 is 28.2 Å². The van der Waals surface area contributed by atoms with Crippen molar-refractivity contribution in [3.8, 4) is 11.8 Å². The van der Waals surface area contributed by atoms with Crippen molar-refractivity contribution in [3.05, 3.63) is 71.4 Å². The molecule has 2 amide bonds. The number of rotatable bonds is 10. The fourth-order valence-electron chi connectivity index (χ4n) is 3.15. The van der Waals surface area contributed by atoms with Gasteiger partial charge in [-0.15, -0.1) is 0 Å². The number of anilines is 1. The van der Waals surface area contributed by atoms with Crippen LogP contribution in [-0.2, 0) is 11.3 Å². The summed E-state index contributed by atoms with van der Waals surface area (Å²) in [5.41, 5.74) is 0.700. The first-order valence-corrected chi connectivity index (χ1v) is 10.2. The molecule has 0 saturated carbocycles. The summed E-state index contributed by atoms with van der Waals surface area (Å²) in [7, 11) is 3.00. The Morgan fingerprint density at radius 1 is 1.15 bits per heavy atom. The molecule has 0 radical (unpaired) electrons. The number of hydrogen-bond donors (Lipinski definition) is 1. The van der Waals surface area contributed by atoms with Crippen molar-refractivity contribution in [2.45, 2.75) is 13.0 Å². The van der Waals surface area contributed by atoms with Crippen LogP contribution in [0.5, 0.6) is 11.8 Å². The first-order chi connectivity index (χ1) is 15.8. The number of aromatic nitrogens is 2. The highest BCUT2D eigenvalue weighted by Gasteiger charge is 2.29. The number of imidazole rings is 1. The maximum atomic E-state index is 13.7. The molecule has 0 bridgehead atoms. The van der Waals surface area contributed by atoms with E-state index >= 15 is 0 Å². The minimum absolute atomic E-state index is 0.0411. The van der Waals surface area contributed by atoms with Crippen molar-refractivity contribution in [2.75, 3.05) is 32.1 Å². The van der Waals surface area contributed by atoms with Gasteiger partial charge in [-0.3, -0.25) is 14.2 Å². The fraction of sp³-hybridized carbons (Fsp3) is 0.261. The second-order valence-electron chi connectivity index (χ2n) is 7.36. The Labute approximate surface area is 189 Å². The van der Waals surface area contributed by atoms with Crippen LogP contribution in [0.3, 0.4) is 0 Å². The molecule has 0 aliphatic rings. The van der Waals surface area contributed by atoms with Crippen molar-refractivity contribution in [1.82, 2.24) is 14.5 Å². The lowest BCUT2D eigenvalue weighted by molar-refractivity contribution is -0.107. The van der Waals surface area contributed by atoms with Crippen LogP contribution in [0.15, 0.2) is 48.5 Å². The van der Waals surface area contributed by atoms with E-state index in [4.69, 9.17) is 9.84 Å². The smallest absolute Gasteiger partial charge is 0.304 e. The van der Waals surface area contributed by atoms with Gasteiger partial charge in [-0.05, 0) is 36.2 Å². The van der Waals surface area contributed by atoms with E-state index in [1.54, 1.807) is 19.2 Å². The van der Waals surface area contributed by atoms with Crippen LogP contribution in [-0.4, -0.2) is 59.1 Å². The van der Waals surface area contributed by atoms with Crippen molar-refractivity contribution >= 4 is 18.1 Å². The van der Waals surface area contributed by atoms with Gasteiger partial charge in [0.2, 0.25) is 6.41 Å². The average Bonchev–Trinajstić information content (AvgIpc) is 3.15. The summed E-state index contributed by atoms with van der Waals surface area (Å²) in [6, 6.07) is 11.0. The molecule has 10 heteroatoms. The first-order valence-electron chi connectivity index (χ1n) is 10.2. The highest BCUT2D eigenvalue weighted by Crippen LogP contribution is 2.30. The monoisotopic (exact) mass is 458 g/mol. The largest absolute Gasteiger partial charge is 0.425 e. The molecule has 1 heterocycles. The number of aliphatic hydroxyl groups is 1. The lowest BCUT2D eigenvalue weighted by Gasteiger charge is -2.20. The molecule has 0 fully saturated rings. The molecule has 0 saturated heterocycles. The number of hydrogen-bond acceptors (Lipinski definition) is 5. The third-order valence-corrected chi connectivity index (χ3v) is 4.87. The molecule has 0 aliphatic carbocycles. The zero-order chi connectivity index (χ0) is 24.0. The Hall–Kier alpha value is -3.79.